The van der Waals surface area contributed by atoms with E-state index in [2.05, 4.69) is 11.6 Å². The number of likely N-dealkylation sites (tertiary alicyclic amines) is 2. The summed E-state index contributed by atoms with van der Waals surface area (Å²) in [5.41, 5.74) is 6.46. The molecule has 2 saturated heterocycles. The molecule has 0 bridgehead atoms. The fourth-order valence-electron chi connectivity index (χ4n) is 5.23. The third kappa shape index (κ3) is 7.38. The lowest BCUT2D eigenvalue weighted by Gasteiger charge is -2.34. The van der Waals surface area contributed by atoms with Crippen LogP contribution in [0.3, 0.4) is 0 Å². The van der Waals surface area contributed by atoms with Crippen molar-refractivity contribution in [2.75, 3.05) is 40.3 Å². The van der Waals surface area contributed by atoms with Gasteiger partial charge in [0.05, 0.1) is 19.4 Å². The predicted octanol–water partition coefficient (Wildman–Crippen LogP) is 4.60. The van der Waals surface area contributed by atoms with Gasteiger partial charge in [0, 0.05) is 56.3 Å². The van der Waals surface area contributed by atoms with Crippen molar-refractivity contribution in [1.29, 1.82) is 0 Å². The van der Waals surface area contributed by atoms with E-state index in [1.807, 2.05) is 21.9 Å². The zero-order valence-electron chi connectivity index (χ0n) is 23.2. The minimum absolute atomic E-state index is 0.0632. The van der Waals surface area contributed by atoms with E-state index in [-0.39, 0.29) is 29.5 Å². The number of piperidine rings is 1. The topological polar surface area (TPSA) is 101 Å². The van der Waals surface area contributed by atoms with Gasteiger partial charge in [0.25, 0.3) is 0 Å². The van der Waals surface area contributed by atoms with Gasteiger partial charge in [-0.3, -0.25) is 4.79 Å². The molecule has 9 nitrogen and oxygen atoms in total. The van der Waals surface area contributed by atoms with Crippen LogP contribution in [0.5, 0.6) is 5.75 Å². The molecule has 2 aromatic carbocycles. The fraction of sp³-hybridized carbons (Fsp3) is 0.367. The Hall–Kier alpha value is -4.05. The molecule has 41 heavy (non-hydrogen) atoms. The first-order valence-electron chi connectivity index (χ1n) is 13.4. The molecule has 0 aromatic heterocycles. The largest absolute Gasteiger partial charge is 0.494 e. The summed E-state index contributed by atoms with van der Waals surface area (Å²) < 4.78 is 23.9. The molecule has 0 unspecified atom stereocenters. The van der Waals surface area contributed by atoms with E-state index in [1.54, 1.807) is 19.2 Å². The lowest BCUT2D eigenvalue weighted by molar-refractivity contribution is -0.136. The monoisotopic (exact) mass is 583 g/mol. The van der Waals surface area contributed by atoms with E-state index < -0.39 is 11.9 Å². The molecule has 0 aliphatic carbocycles. The number of carbonyl (C=O) groups excluding carboxylic acids is 2. The summed E-state index contributed by atoms with van der Waals surface area (Å²) in [6.07, 6.45) is 3.57. The molecule has 0 spiro atoms. The van der Waals surface area contributed by atoms with Crippen molar-refractivity contribution in [2.24, 2.45) is 16.6 Å². The zero-order valence-corrected chi connectivity index (χ0v) is 24.0. The Bertz CT molecular complexity index is 1290. The Morgan fingerprint density at radius 3 is 2.37 bits per heavy atom. The van der Waals surface area contributed by atoms with E-state index >= 15 is 0 Å². The van der Waals surface area contributed by atoms with Crippen LogP contribution in [0.2, 0.25) is 5.02 Å². The Morgan fingerprint density at radius 2 is 1.76 bits per heavy atom. The predicted molar refractivity (Wildman–Crippen MR) is 156 cm³/mol. The first-order valence-corrected chi connectivity index (χ1v) is 13.8. The number of hydrogen-bond acceptors (Lipinski definition) is 7. The summed E-state index contributed by atoms with van der Waals surface area (Å²) >= 11 is 6.12. The molecule has 11 heteroatoms. The van der Waals surface area contributed by atoms with Crippen LogP contribution in [0, 0.1) is 11.7 Å². The third-order valence-electron chi connectivity index (χ3n) is 7.65. The molecular weight excluding hydrogens is 549 g/mol. The molecule has 2 fully saturated rings. The van der Waals surface area contributed by atoms with Crippen molar-refractivity contribution in [3.8, 4) is 5.75 Å². The number of rotatable bonds is 8. The quantitative estimate of drug-likeness (QED) is 0.360. The molecule has 2 atom stereocenters. The number of methoxy groups -OCH3 is 1. The van der Waals surface area contributed by atoms with Gasteiger partial charge < -0.3 is 29.9 Å². The normalized spacial score (nSPS) is 19.9. The number of aliphatic imine (C=N–C) groups is 1. The van der Waals surface area contributed by atoms with Gasteiger partial charge in [-0.15, -0.1) is 0 Å². The van der Waals surface area contributed by atoms with Crippen LogP contribution in [0.25, 0.3) is 0 Å². The molecule has 2 N–H and O–H groups in total. The summed E-state index contributed by atoms with van der Waals surface area (Å²) in [6.45, 7) is 6.14. The number of carbonyl (C=O) groups is 2. The number of hydrogen-bond donors (Lipinski definition) is 1. The van der Waals surface area contributed by atoms with Crippen molar-refractivity contribution in [3.05, 3.63) is 89.3 Å². The van der Waals surface area contributed by atoms with Crippen molar-refractivity contribution < 1.29 is 23.5 Å². The second kappa shape index (κ2) is 13.5. The summed E-state index contributed by atoms with van der Waals surface area (Å²) in [5, 5.41) is 0.607. The van der Waals surface area contributed by atoms with Crippen molar-refractivity contribution in [3.63, 3.8) is 0 Å². The highest BCUT2D eigenvalue weighted by molar-refractivity contribution is 6.30. The van der Waals surface area contributed by atoms with E-state index in [0.717, 1.165) is 5.56 Å². The molecule has 2 aliphatic heterocycles. The van der Waals surface area contributed by atoms with Crippen molar-refractivity contribution in [1.82, 2.24) is 14.7 Å². The SMILES string of the molecule is C=C(/N=C\C(=C/N)OC)N1CCC(C(=O)N2C[C@@H](N(C)C(=O)Oc3ccc(F)cc3)[C@H](c3ccc(Cl)cc3)C2)CC1. The Labute approximate surface area is 244 Å². The average Bonchev–Trinajstić information content (AvgIpc) is 3.44. The van der Waals surface area contributed by atoms with Gasteiger partial charge >= 0.3 is 6.09 Å². The summed E-state index contributed by atoms with van der Waals surface area (Å²) in [5.74, 6) is 0.613. The van der Waals surface area contributed by atoms with Crippen LogP contribution in [-0.4, -0.2) is 79.3 Å². The Balaban J connectivity index is 1.43. The first kappa shape index (κ1) is 29.9. The molecule has 0 radical (unpaired) electrons. The van der Waals surface area contributed by atoms with Gasteiger partial charge in [-0.2, -0.15) is 0 Å². The van der Waals surface area contributed by atoms with E-state index in [0.29, 0.717) is 55.6 Å². The average molecular weight is 584 g/mol. The smallest absolute Gasteiger partial charge is 0.415 e. The van der Waals surface area contributed by atoms with Crippen molar-refractivity contribution in [2.45, 2.75) is 24.8 Å². The molecule has 0 saturated carbocycles. The highest BCUT2D eigenvalue weighted by Gasteiger charge is 2.42. The maximum atomic E-state index is 13.7. The number of nitrogens with two attached hydrogens (primary N) is 1. The molecule has 2 heterocycles. The third-order valence-corrected chi connectivity index (χ3v) is 7.91. The number of likely N-dealkylation sites (N-methyl/N-ethyl adjacent to an activating group) is 1. The number of benzene rings is 2. The lowest BCUT2D eigenvalue weighted by Crippen LogP contribution is -2.45. The zero-order chi connectivity index (χ0) is 29.5. The summed E-state index contributed by atoms with van der Waals surface area (Å²) in [4.78, 5) is 36.5. The van der Waals surface area contributed by atoms with Crippen molar-refractivity contribution >= 4 is 29.8 Å². The first-order chi connectivity index (χ1) is 19.7. The maximum absolute atomic E-state index is 13.7. The Morgan fingerprint density at radius 1 is 1.10 bits per heavy atom. The van der Waals surface area contributed by atoms with Gasteiger partial charge in [0.1, 0.15) is 17.4 Å². The second-order valence-corrected chi connectivity index (χ2v) is 10.5. The van der Waals surface area contributed by atoms with Crippen LogP contribution in [0.15, 0.2) is 77.9 Å². The molecule has 218 valence electrons. The minimum Gasteiger partial charge on any atom is -0.494 e. The van der Waals surface area contributed by atoms with Gasteiger partial charge in [0.15, 0.2) is 5.76 Å². The van der Waals surface area contributed by atoms with Crippen LogP contribution >= 0.6 is 11.6 Å². The second-order valence-electron chi connectivity index (χ2n) is 10.1. The van der Waals surface area contributed by atoms with Crippen LogP contribution in [0.1, 0.15) is 24.3 Å². The maximum Gasteiger partial charge on any atom is 0.415 e. The standard InChI is InChI=1S/C30H35ClFN5O4/c1-20(34-17-26(16-33)40-3)36-14-12-22(13-15-36)29(38)37-18-27(21-4-6-23(31)7-5-21)28(19-37)35(2)30(39)41-25-10-8-24(32)9-11-25/h4-11,16-17,22,27-28H,1,12-15,18-19,33H2,2-3H3/b26-16+,34-17-/t27-,28+/m0/s1. The molecule has 2 aliphatic rings. The number of nitrogens with zero attached hydrogens (tertiary/aromatic N) is 4. The lowest BCUT2D eigenvalue weighted by atomic mass is 9.93. The minimum atomic E-state index is -0.580. The fourth-order valence-corrected chi connectivity index (χ4v) is 5.36. The number of halogens is 2. The van der Waals surface area contributed by atoms with E-state index in [1.165, 1.54) is 48.7 Å². The number of allylic oxidation sites excluding steroid dienone is 1. The molecule has 4 rings (SSSR count). The molecule has 2 aromatic rings. The molecule has 2 amide bonds. The highest BCUT2D eigenvalue weighted by atomic mass is 35.5. The van der Waals surface area contributed by atoms with E-state index in [9.17, 15) is 14.0 Å². The number of ether oxygens (including phenoxy) is 2. The summed E-state index contributed by atoms with van der Waals surface area (Å²) in [6, 6.07) is 12.4. The highest BCUT2D eigenvalue weighted by Crippen LogP contribution is 2.34. The van der Waals surface area contributed by atoms with Crippen LogP contribution in [-0.2, 0) is 9.53 Å². The van der Waals surface area contributed by atoms with E-state index in [4.69, 9.17) is 26.8 Å². The summed E-state index contributed by atoms with van der Waals surface area (Å²) in [7, 11) is 3.17. The molecular formula is C30H35ClFN5O4. The van der Waals surface area contributed by atoms with Gasteiger partial charge in [0.2, 0.25) is 5.91 Å². The van der Waals surface area contributed by atoms with Gasteiger partial charge in [-0.1, -0.05) is 30.3 Å². The number of amides is 2. The van der Waals surface area contributed by atoms with Gasteiger partial charge in [-0.25, -0.2) is 14.2 Å². The van der Waals surface area contributed by atoms with Crippen LogP contribution in [0.4, 0.5) is 9.18 Å². The Kier molecular flexibility index (Phi) is 9.88. The van der Waals surface area contributed by atoms with Crippen LogP contribution < -0.4 is 10.5 Å². The van der Waals surface area contributed by atoms with Gasteiger partial charge in [-0.05, 0) is 54.8 Å².